The molecule has 0 aromatic carbocycles. The van der Waals surface area contributed by atoms with Crippen molar-refractivity contribution in [2.75, 3.05) is 18.0 Å². The van der Waals surface area contributed by atoms with Crippen LogP contribution in [-0.2, 0) is 0 Å². The third kappa shape index (κ3) is 2.94. The SMILES string of the molecule is Cc1cc(C)c(C(=O)O)c(N2CCC(C(C)C)CC2)n1. The number of aromatic nitrogens is 1. The first-order valence-electron chi connectivity index (χ1n) is 7.36. The predicted octanol–water partition coefficient (Wildman–Crippen LogP) is 3.27. The minimum atomic E-state index is -0.879. The number of carboxylic acids is 1. The van der Waals surface area contributed by atoms with Crippen LogP contribution in [0.5, 0.6) is 0 Å². The maximum atomic E-state index is 11.5. The van der Waals surface area contributed by atoms with Crippen molar-refractivity contribution >= 4 is 11.8 Å². The molecule has 1 N–H and O–H groups in total. The van der Waals surface area contributed by atoms with Crippen LogP contribution < -0.4 is 4.90 Å². The number of piperidine rings is 1. The second-order valence-corrected chi connectivity index (χ2v) is 6.15. The highest BCUT2D eigenvalue weighted by Crippen LogP contribution is 2.30. The van der Waals surface area contributed by atoms with E-state index < -0.39 is 5.97 Å². The van der Waals surface area contributed by atoms with Crippen molar-refractivity contribution in [3.63, 3.8) is 0 Å². The molecule has 1 aromatic rings. The smallest absolute Gasteiger partial charge is 0.339 e. The highest BCUT2D eigenvalue weighted by atomic mass is 16.4. The van der Waals surface area contributed by atoms with Crippen molar-refractivity contribution in [1.82, 2.24) is 4.98 Å². The first kappa shape index (κ1) is 14.8. The van der Waals surface area contributed by atoms with E-state index in [4.69, 9.17) is 0 Å². The van der Waals surface area contributed by atoms with E-state index in [-0.39, 0.29) is 0 Å². The first-order chi connectivity index (χ1) is 9.40. The Bertz CT molecular complexity index is 503. The molecule has 0 spiro atoms. The average Bonchev–Trinajstić information content (AvgIpc) is 2.37. The normalized spacial score (nSPS) is 16.8. The predicted molar refractivity (Wildman–Crippen MR) is 80.4 cm³/mol. The number of hydrogen-bond acceptors (Lipinski definition) is 3. The second-order valence-electron chi connectivity index (χ2n) is 6.15. The maximum absolute atomic E-state index is 11.5. The lowest BCUT2D eigenvalue weighted by molar-refractivity contribution is 0.0696. The van der Waals surface area contributed by atoms with Crippen molar-refractivity contribution in [2.24, 2.45) is 11.8 Å². The molecule has 0 radical (unpaired) electrons. The molecule has 0 aliphatic carbocycles. The molecule has 1 aliphatic heterocycles. The molecule has 4 heteroatoms. The highest BCUT2D eigenvalue weighted by Gasteiger charge is 2.26. The lowest BCUT2D eigenvalue weighted by Crippen LogP contribution is -2.37. The summed E-state index contributed by atoms with van der Waals surface area (Å²) in [6.45, 7) is 10.1. The molecule has 4 nitrogen and oxygen atoms in total. The number of carboxylic acid groups (broad SMARTS) is 1. The molecule has 0 bridgehead atoms. The zero-order valence-electron chi connectivity index (χ0n) is 12.8. The molecule has 0 unspecified atom stereocenters. The Labute approximate surface area is 120 Å². The summed E-state index contributed by atoms with van der Waals surface area (Å²) in [5.74, 6) is 1.21. The molecule has 1 fully saturated rings. The van der Waals surface area contributed by atoms with E-state index >= 15 is 0 Å². The van der Waals surface area contributed by atoms with E-state index in [9.17, 15) is 9.90 Å². The minimum absolute atomic E-state index is 0.360. The quantitative estimate of drug-likeness (QED) is 0.920. The van der Waals surface area contributed by atoms with E-state index in [1.165, 1.54) is 0 Å². The van der Waals surface area contributed by atoms with E-state index in [0.717, 1.165) is 43.1 Å². The third-order valence-corrected chi connectivity index (χ3v) is 4.32. The summed E-state index contributed by atoms with van der Waals surface area (Å²) in [5, 5.41) is 9.44. The molecule has 0 amide bonds. The zero-order valence-corrected chi connectivity index (χ0v) is 12.8. The Balaban J connectivity index is 2.27. The van der Waals surface area contributed by atoms with E-state index in [1.807, 2.05) is 19.9 Å². The van der Waals surface area contributed by atoms with Gasteiger partial charge in [-0.1, -0.05) is 13.8 Å². The molecule has 0 saturated carbocycles. The summed E-state index contributed by atoms with van der Waals surface area (Å²) in [5.41, 5.74) is 2.04. The maximum Gasteiger partial charge on any atom is 0.339 e. The van der Waals surface area contributed by atoms with Crippen LogP contribution in [0.4, 0.5) is 5.82 Å². The standard InChI is InChI=1S/C16H24N2O2/c1-10(2)13-5-7-18(8-6-13)15-14(16(19)20)11(3)9-12(4)17-15/h9-10,13H,5-8H2,1-4H3,(H,19,20). The van der Waals surface area contributed by atoms with Crippen LogP contribution in [0.1, 0.15) is 48.3 Å². The van der Waals surface area contributed by atoms with Crippen LogP contribution in [0.3, 0.4) is 0 Å². The zero-order chi connectivity index (χ0) is 14.9. The summed E-state index contributed by atoms with van der Waals surface area (Å²) in [6.07, 6.45) is 2.23. The van der Waals surface area contributed by atoms with Crippen LogP contribution >= 0.6 is 0 Å². The van der Waals surface area contributed by atoms with Gasteiger partial charge < -0.3 is 10.0 Å². The number of pyridine rings is 1. The Kier molecular flexibility index (Phi) is 4.31. The lowest BCUT2D eigenvalue weighted by Gasteiger charge is -2.35. The van der Waals surface area contributed by atoms with Crippen molar-refractivity contribution in [3.8, 4) is 0 Å². The van der Waals surface area contributed by atoms with E-state index in [2.05, 4.69) is 23.7 Å². The summed E-state index contributed by atoms with van der Waals surface area (Å²) >= 11 is 0. The Morgan fingerprint density at radius 3 is 2.45 bits per heavy atom. The van der Waals surface area contributed by atoms with Crippen LogP contribution in [0.2, 0.25) is 0 Å². The Hall–Kier alpha value is -1.58. The van der Waals surface area contributed by atoms with Gasteiger partial charge >= 0.3 is 5.97 Å². The number of aryl methyl sites for hydroxylation is 2. The van der Waals surface area contributed by atoms with Gasteiger partial charge in [0.25, 0.3) is 0 Å². The first-order valence-corrected chi connectivity index (χ1v) is 7.36. The topological polar surface area (TPSA) is 53.4 Å². The van der Waals surface area contributed by atoms with Gasteiger partial charge in [0.15, 0.2) is 0 Å². The monoisotopic (exact) mass is 276 g/mol. The lowest BCUT2D eigenvalue weighted by atomic mass is 9.86. The van der Waals surface area contributed by atoms with Gasteiger partial charge in [0.2, 0.25) is 0 Å². The number of carbonyl (C=O) groups is 1. The van der Waals surface area contributed by atoms with Crippen molar-refractivity contribution in [2.45, 2.75) is 40.5 Å². The number of nitrogens with zero attached hydrogens (tertiary/aromatic N) is 2. The highest BCUT2D eigenvalue weighted by molar-refractivity contribution is 5.95. The molecule has 0 atom stereocenters. The van der Waals surface area contributed by atoms with Gasteiger partial charge in [0.05, 0.1) is 0 Å². The Morgan fingerprint density at radius 1 is 1.35 bits per heavy atom. The molecular weight excluding hydrogens is 252 g/mol. The van der Waals surface area contributed by atoms with E-state index in [1.54, 1.807) is 0 Å². The second kappa shape index (κ2) is 5.81. The molecular formula is C16H24N2O2. The number of rotatable bonds is 3. The van der Waals surface area contributed by atoms with Gasteiger partial charge in [-0.2, -0.15) is 0 Å². The summed E-state index contributed by atoms with van der Waals surface area (Å²) < 4.78 is 0. The van der Waals surface area contributed by atoms with Crippen molar-refractivity contribution < 1.29 is 9.90 Å². The largest absolute Gasteiger partial charge is 0.478 e. The summed E-state index contributed by atoms with van der Waals surface area (Å²) in [7, 11) is 0. The molecule has 1 aliphatic rings. The van der Waals surface area contributed by atoms with Gasteiger partial charge in [-0.15, -0.1) is 0 Å². The van der Waals surface area contributed by atoms with Crippen LogP contribution in [0.15, 0.2) is 6.07 Å². The molecule has 1 saturated heterocycles. The molecule has 20 heavy (non-hydrogen) atoms. The van der Waals surface area contributed by atoms with Crippen molar-refractivity contribution in [3.05, 3.63) is 22.9 Å². The van der Waals surface area contributed by atoms with Gasteiger partial charge in [0.1, 0.15) is 11.4 Å². The summed E-state index contributed by atoms with van der Waals surface area (Å²) in [4.78, 5) is 18.1. The van der Waals surface area contributed by atoms with Gasteiger partial charge in [-0.05, 0) is 50.2 Å². The number of anilines is 1. The molecule has 1 aromatic heterocycles. The minimum Gasteiger partial charge on any atom is -0.478 e. The molecule has 2 heterocycles. The van der Waals surface area contributed by atoms with Crippen LogP contribution in [0.25, 0.3) is 0 Å². The van der Waals surface area contributed by atoms with Gasteiger partial charge in [-0.25, -0.2) is 9.78 Å². The number of hydrogen-bond donors (Lipinski definition) is 1. The fourth-order valence-electron chi connectivity index (χ4n) is 3.09. The van der Waals surface area contributed by atoms with Gasteiger partial charge in [-0.3, -0.25) is 0 Å². The fourth-order valence-corrected chi connectivity index (χ4v) is 3.09. The Morgan fingerprint density at radius 2 is 1.95 bits per heavy atom. The fraction of sp³-hybridized carbons (Fsp3) is 0.625. The number of aromatic carboxylic acids is 1. The van der Waals surface area contributed by atoms with Crippen LogP contribution in [0, 0.1) is 25.7 Å². The van der Waals surface area contributed by atoms with Gasteiger partial charge in [0, 0.05) is 18.8 Å². The third-order valence-electron chi connectivity index (χ3n) is 4.32. The molecule has 110 valence electrons. The molecule has 2 rings (SSSR count). The van der Waals surface area contributed by atoms with Crippen LogP contribution in [-0.4, -0.2) is 29.1 Å². The average molecular weight is 276 g/mol. The van der Waals surface area contributed by atoms with E-state index in [0.29, 0.717) is 17.3 Å². The summed E-state index contributed by atoms with van der Waals surface area (Å²) in [6, 6.07) is 1.84. The van der Waals surface area contributed by atoms with Crippen molar-refractivity contribution in [1.29, 1.82) is 0 Å².